The van der Waals surface area contributed by atoms with Crippen LogP contribution in [0.15, 0.2) is 30.3 Å². The van der Waals surface area contributed by atoms with Crippen molar-refractivity contribution in [2.45, 2.75) is 26.0 Å². The molecule has 0 fully saturated rings. The van der Waals surface area contributed by atoms with Crippen molar-refractivity contribution in [1.29, 1.82) is 0 Å². The van der Waals surface area contributed by atoms with Crippen molar-refractivity contribution in [1.82, 2.24) is 15.1 Å². The highest BCUT2D eigenvalue weighted by Crippen LogP contribution is 2.14. The Bertz CT molecular complexity index is 601. The quantitative estimate of drug-likeness (QED) is 0.816. The van der Waals surface area contributed by atoms with Gasteiger partial charge in [0.25, 0.3) is 5.91 Å². The van der Waals surface area contributed by atoms with Crippen LogP contribution in [0.2, 0.25) is 0 Å². The zero-order valence-corrected chi connectivity index (χ0v) is 13.5. The first-order chi connectivity index (χ1) is 10.5. The lowest BCUT2D eigenvalue weighted by Crippen LogP contribution is -2.21. The Morgan fingerprint density at radius 1 is 1.36 bits per heavy atom. The highest BCUT2D eigenvalue weighted by atomic mass is 32.1. The number of benzene rings is 1. The topological polar surface area (TPSA) is 78.3 Å². The predicted molar refractivity (Wildman–Crippen MR) is 86.9 cm³/mol. The van der Waals surface area contributed by atoms with E-state index < -0.39 is 0 Å². The maximum absolute atomic E-state index is 12.1. The largest absolute Gasteiger partial charge is 0.393 e. The molecule has 1 amide bonds. The van der Waals surface area contributed by atoms with Crippen molar-refractivity contribution in [3.63, 3.8) is 0 Å². The van der Waals surface area contributed by atoms with Crippen LogP contribution in [-0.4, -0.2) is 45.8 Å². The lowest BCUT2D eigenvalue weighted by molar-refractivity contribution is 0.102. The Kier molecular flexibility index (Phi) is 6.00. The van der Waals surface area contributed by atoms with Gasteiger partial charge in [0.1, 0.15) is 5.01 Å². The van der Waals surface area contributed by atoms with Gasteiger partial charge >= 0.3 is 0 Å². The average Bonchev–Trinajstić information content (AvgIpc) is 2.95. The van der Waals surface area contributed by atoms with Gasteiger partial charge in [-0.15, -0.1) is 10.2 Å². The van der Waals surface area contributed by atoms with E-state index in [1.54, 1.807) is 6.92 Å². The Labute approximate surface area is 133 Å². The monoisotopic (exact) mass is 320 g/mol. The van der Waals surface area contributed by atoms with Crippen LogP contribution in [0.25, 0.3) is 0 Å². The number of hydrogen-bond acceptors (Lipinski definition) is 6. The number of carbonyl (C=O) groups is 1. The number of hydrogen-bond donors (Lipinski definition) is 2. The Morgan fingerprint density at radius 3 is 2.77 bits per heavy atom. The van der Waals surface area contributed by atoms with Crippen molar-refractivity contribution in [2.24, 2.45) is 0 Å². The number of aromatic nitrogens is 2. The molecular formula is C15H20N4O2S. The summed E-state index contributed by atoms with van der Waals surface area (Å²) in [6, 6.07) is 9.26. The first-order valence-electron chi connectivity index (χ1n) is 7.10. The first kappa shape index (κ1) is 16.5. The fourth-order valence-electron chi connectivity index (χ4n) is 1.83. The standard InChI is InChI=1S/C15H20N4O2S/c1-11(20)8-9-19(2)10-13-17-18-15(22-13)14(21)16-12-6-4-3-5-7-12/h3-7,11,20H,8-10H2,1-2H3,(H,16,21). The highest BCUT2D eigenvalue weighted by Gasteiger charge is 2.14. The summed E-state index contributed by atoms with van der Waals surface area (Å²) in [5.41, 5.74) is 0.735. The van der Waals surface area contributed by atoms with E-state index in [9.17, 15) is 9.90 Å². The second-order valence-electron chi connectivity index (χ2n) is 5.20. The number of nitrogens with zero attached hydrogens (tertiary/aromatic N) is 3. The summed E-state index contributed by atoms with van der Waals surface area (Å²) in [4.78, 5) is 14.1. The smallest absolute Gasteiger partial charge is 0.286 e. The number of anilines is 1. The van der Waals surface area contributed by atoms with Gasteiger partial charge in [-0.25, -0.2) is 0 Å². The summed E-state index contributed by atoms with van der Waals surface area (Å²) < 4.78 is 0. The fraction of sp³-hybridized carbons (Fsp3) is 0.400. The minimum Gasteiger partial charge on any atom is -0.393 e. The SMILES string of the molecule is CC(O)CCN(C)Cc1nnc(C(=O)Nc2ccccc2)s1. The van der Waals surface area contributed by atoms with Crippen LogP contribution in [0, 0.1) is 0 Å². The van der Waals surface area contributed by atoms with Crippen molar-refractivity contribution >= 4 is 22.9 Å². The van der Waals surface area contributed by atoms with Gasteiger partial charge in [0.2, 0.25) is 5.01 Å². The molecule has 1 unspecified atom stereocenters. The summed E-state index contributed by atoms with van der Waals surface area (Å²) >= 11 is 1.28. The van der Waals surface area contributed by atoms with Crippen molar-refractivity contribution < 1.29 is 9.90 Å². The van der Waals surface area contributed by atoms with Gasteiger partial charge in [-0.05, 0) is 32.5 Å². The average molecular weight is 320 g/mol. The molecule has 6 nitrogen and oxygen atoms in total. The van der Waals surface area contributed by atoms with Crippen molar-refractivity contribution in [2.75, 3.05) is 18.9 Å². The summed E-state index contributed by atoms with van der Waals surface area (Å²) in [5, 5.41) is 21.2. The molecule has 0 aliphatic carbocycles. The maximum atomic E-state index is 12.1. The zero-order chi connectivity index (χ0) is 15.9. The van der Waals surface area contributed by atoms with Crippen LogP contribution < -0.4 is 5.32 Å². The fourth-order valence-corrected chi connectivity index (χ4v) is 2.65. The zero-order valence-electron chi connectivity index (χ0n) is 12.7. The summed E-state index contributed by atoms with van der Waals surface area (Å²) in [7, 11) is 1.95. The van der Waals surface area contributed by atoms with E-state index >= 15 is 0 Å². The lowest BCUT2D eigenvalue weighted by atomic mass is 10.3. The molecule has 0 radical (unpaired) electrons. The molecule has 2 rings (SSSR count). The van der Waals surface area contributed by atoms with Crippen LogP contribution in [0.4, 0.5) is 5.69 Å². The predicted octanol–water partition coefficient (Wildman–Crippen LogP) is 1.99. The Hall–Kier alpha value is -1.83. The third kappa shape index (κ3) is 5.18. The molecule has 2 N–H and O–H groups in total. The second kappa shape index (κ2) is 7.98. The molecule has 0 saturated heterocycles. The van der Waals surface area contributed by atoms with Gasteiger partial charge in [-0.2, -0.15) is 0 Å². The van der Waals surface area contributed by atoms with Crippen LogP contribution in [0.1, 0.15) is 28.2 Å². The number of aliphatic hydroxyl groups excluding tert-OH is 1. The summed E-state index contributed by atoms with van der Waals surface area (Å²) in [6.07, 6.45) is 0.389. The first-order valence-corrected chi connectivity index (χ1v) is 7.91. The van der Waals surface area contributed by atoms with E-state index in [0.29, 0.717) is 18.0 Å². The number of carbonyl (C=O) groups excluding carboxylic acids is 1. The van der Waals surface area contributed by atoms with Crippen molar-refractivity contribution in [3.05, 3.63) is 40.3 Å². The number of amides is 1. The van der Waals surface area contributed by atoms with E-state index in [0.717, 1.165) is 17.2 Å². The third-order valence-electron chi connectivity index (χ3n) is 3.03. The maximum Gasteiger partial charge on any atom is 0.286 e. The number of para-hydroxylation sites is 1. The molecule has 1 heterocycles. The molecule has 22 heavy (non-hydrogen) atoms. The minimum absolute atomic E-state index is 0.249. The molecule has 0 aliphatic rings. The highest BCUT2D eigenvalue weighted by molar-refractivity contribution is 7.13. The molecular weight excluding hydrogens is 300 g/mol. The normalized spacial score (nSPS) is 12.4. The van der Waals surface area contributed by atoms with Gasteiger partial charge in [-0.3, -0.25) is 9.69 Å². The summed E-state index contributed by atoms with van der Waals surface area (Å²) in [6.45, 7) is 3.15. The van der Waals surface area contributed by atoms with Crippen LogP contribution in [0.5, 0.6) is 0 Å². The van der Waals surface area contributed by atoms with E-state index in [2.05, 4.69) is 15.5 Å². The summed E-state index contributed by atoms with van der Waals surface area (Å²) in [5.74, 6) is -0.249. The Morgan fingerprint density at radius 2 is 2.09 bits per heavy atom. The van der Waals surface area contributed by atoms with Gasteiger partial charge < -0.3 is 10.4 Å². The van der Waals surface area contributed by atoms with Gasteiger partial charge in [-0.1, -0.05) is 29.5 Å². The molecule has 7 heteroatoms. The van der Waals surface area contributed by atoms with E-state index in [4.69, 9.17) is 0 Å². The molecule has 118 valence electrons. The molecule has 1 atom stereocenters. The lowest BCUT2D eigenvalue weighted by Gasteiger charge is -2.15. The number of aliphatic hydroxyl groups is 1. The third-order valence-corrected chi connectivity index (χ3v) is 3.93. The molecule has 0 saturated carbocycles. The van der Waals surface area contributed by atoms with Crippen LogP contribution >= 0.6 is 11.3 Å². The van der Waals surface area contributed by atoms with E-state index in [1.165, 1.54) is 11.3 Å². The minimum atomic E-state index is -0.316. The van der Waals surface area contributed by atoms with E-state index in [1.807, 2.05) is 42.3 Å². The Balaban J connectivity index is 1.89. The molecule has 0 bridgehead atoms. The number of nitrogens with one attached hydrogen (secondary N) is 1. The van der Waals surface area contributed by atoms with Gasteiger partial charge in [0, 0.05) is 12.2 Å². The molecule has 1 aromatic carbocycles. The van der Waals surface area contributed by atoms with Crippen LogP contribution in [-0.2, 0) is 6.54 Å². The van der Waals surface area contributed by atoms with Gasteiger partial charge in [0.05, 0.1) is 12.6 Å². The molecule has 0 aliphatic heterocycles. The number of rotatable bonds is 7. The molecule has 1 aromatic heterocycles. The van der Waals surface area contributed by atoms with Crippen molar-refractivity contribution in [3.8, 4) is 0 Å². The molecule has 2 aromatic rings. The second-order valence-corrected chi connectivity index (χ2v) is 6.26. The van der Waals surface area contributed by atoms with E-state index in [-0.39, 0.29) is 12.0 Å². The van der Waals surface area contributed by atoms with Crippen LogP contribution in [0.3, 0.4) is 0 Å². The molecule has 0 spiro atoms. The van der Waals surface area contributed by atoms with Gasteiger partial charge in [0.15, 0.2) is 0 Å².